The molecule has 2 N–H and O–H groups in total. The minimum absolute atomic E-state index is 0.0704. The number of hydrogen-bond acceptors (Lipinski definition) is 5. The van der Waals surface area contributed by atoms with E-state index in [0.29, 0.717) is 11.5 Å². The number of fused-ring (bicyclic) bond motifs is 3. The number of carboxylic acid groups (broad SMARTS) is 1. The van der Waals surface area contributed by atoms with Crippen molar-refractivity contribution in [3.63, 3.8) is 0 Å². The van der Waals surface area contributed by atoms with Gasteiger partial charge in [-0.2, -0.15) is 0 Å². The zero-order chi connectivity index (χ0) is 17.6. The number of rotatable bonds is 3. The van der Waals surface area contributed by atoms with Gasteiger partial charge in [0.1, 0.15) is 16.5 Å². The lowest BCUT2D eigenvalue weighted by Crippen LogP contribution is -2.03. The van der Waals surface area contributed by atoms with Crippen LogP contribution in [0.3, 0.4) is 0 Å². The van der Waals surface area contributed by atoms with Gasteiger partial charge in [0.2, 0.25) is 0 Å². The fourth-order valence-electron chi connectivity index (χ4n) is 3.26. The summed E-state index contributed by atoms with van der Waals surface area (Å²) >= 11 is 7.70. The maximum absolute atomic E-state index is 11.3. The number of halogens is 1. The van der Waals surface area contributed by atoms with Gasteiger partial charge in [0.05, 0.1) is 16.0 Å². The summed E-state index contributed by atoms with van der Waals surface area (Å²) in [4.78, 5) is 22.9. The second kappa shape index (κ2) is 6.28. The lowest BCUT2D eigenvalue weighted by molar-refractivity contribution is 0.0697. The number of thiophene rings is 1. The molecule has 0 aliphatic heterocycles. The molecule has 25 heavy (non-hydrogen) atoms. The minimum atomic E-state index is -1.05. The van der Waals surface area contributed by atoms with Crippen molar-refractivity contribution >= 4 is 50.6 Å². The van der Waals surface area contributed by atoms with Crippen molar-refractivity contribution in [1.82, 2.24) is 9.97 Å². The Morgan fingerprint density at radius 3 is 2.88 bits per heavy atom. The Balaban J connectivity index is 1.83. The van der Waals surface area contributed by atoms with Gasteiger partial charge in [-0.15, -0.1) is 11.3 Å². The van der Waals surface area contributed by atoms with Crippen LogP contribution in [-0.4, -0.2) is 21.0 Å². The molecule has 0 unspecified atom stereocenters. The molecule has 0 bridgehead atoms. The van der Waals surface area contributed by atoms with Crippen LogP contribution in [0.25, 0.3) is 10.2 Å². The van der Waals surface area contributed by atoms with Crippen molar-refractivity contribution in [2.75, 3.05) is 5.32 Å². The number of nitrogens with zero attached hydrogens (tertiary/aromatic N) is 2. The largest absolute Gasteiger partial charge is 0.478 e. The SMILES string of the molecule is Cc1nc(Nc2ccc(Cl)c(C(=O)O)c2)c2c3c(sc2n1)CCCC3. The molecule has 7 heteroatoms. The van der Waals surface area contributed by atoms with Crippen LogP contribution >= 0.6 is 22.9 Å². The van der Waals surface area contributed by atoms with E-state index in [1.54, 1.807) is 23.5 Å². The molecule has 0 radical (unpaired) electrons. The molecule has 1 aliphatic carbocycles. The second-order valence-electron chi connectivity index (χ2n) is 6.14. The minimum Gasteiger partial charge on any atom is -0.478 e. The molecule has 2 aromatic heterocycles. The van der Waals surface area contributed by atoms with E-state index >= 15 is 0 Å². The summed E-state index contributed by atoms with van der Waals surface area (Å²) in [6.07, 6.45) is 4.53. The van der Waals surface area contributed by atoms with Crippen LogP contribution in [0.5, 0.6) is 0 Å². The van der Waals surface area contributed by atoms with Crippen LogP contribution in [0.1, 0.15) is 39.5 Å². The molecule has 0 spiro atoms. The van der Waals surface area contributed by atoms with Gasteiger partial charge in [0.25, 0.3) is 0 Å². The zero-order valence-electron chi connectivity index (χ0n) is 13.6. The van der Waals surface area contributed by atoms with Gasteiger partial charge in [-0.25, -0.2) is 14.8 Å². The Morgan fingerprint density at radius 2 is 2.08 bits per heavy atom. The van der Waals surface area contributed by atoms with Crippen LogP contribution in [0.15, 0.2) is 18.2 Å². The number of anilines is 2. The van der Waals surface area contributed by atoms with Gasteiger partial charge in [-0.1, -0.05) is 11.6 Å². The average Bonchev–Trinajstić information content (AvgIpc) is 2.94. The predicted octanol–water partition coefficient (Wildman–Crippen LogP) is 4.97. The quantitative estimate of drug-likeness (QED) is 0.677. The summed E-state index contributed by atoms with van der Waals surface area (Å²) in [6.45, 7) is 1.87. The Morgan fingerprint density at radius 1 is 1.28 bits per heavy atom. The van der Waals surface area contributed by atoms with Crippen molar-refractivity contribution in [3.8, 4) is 0 Å². The highest BCUT2D eigenvalue weighted by atomic mass is 35.5. The smallest absolute Gasteiger partial charge is 0.337 e. The maximum Gasteiger partial charge on any atom is 0.337 e. The molecule has 0 saturated carbocycles. The van der Waals surface area contributed by atoms with Crippen molar-refractivity contribution in [2.45, 2.75) is 32.6 Å². The third-order valence-electron chi connectivity index (χ3n) is 4.39. The Hall–Kier alpha value is -2.18. The van der Waals surface area contributed by atoms with Crippen LogP contribution in [0, 0.1) is 6.92 Å². The van der Waals surface area contributed by atoms with Crippen molar-refractivity contribution in [2.24, 2.45) is 0 Å². The van der Waals surface area contributed by atoms with Gasteiger partial charge in [-0.3, -0.25) is 0 Å². The number of benzene rings is 1. The van der Waals surface area contributed by atoms with E-state index in [0.717, 1.165) is 28.9 Å². The number of aryl methyl sites for hydroxylation is 3. The fourth-order valence-corrected chi connectivity index (χ4v) is 4.76. The van der Waals surface area contributed by atoms with Crippen molar-refractivity contribution in [3.05, 3.63) is 45.1 Å². The topological polar surface area (TPSA) is 75.1 Å². The Kier molecular flexibility index (Phi) is 4.09. The van der Waals surface area contributed by atoms with Gasteiger partial charge in [0.15, 0.2) is 0 Å². The number of aromatic carboxylic acids is 1. The maximum atomic E-state index is 11.3. The molecule has 128 valence electrons. The predicted molar refractivity (Wildman–Crippen MR) is 100 cm³/mol. The van der Waals surface area contributed by atoms with E-state index < -0.39 is 5.97 Å². The molecule has 5 nitrogen and oxygen atoms in total. The van der Waals surface area contributed by atoms with Crippen LogP contribution in [0.4, 0.5) is 11.5 Å². The first-order valence-corrected chi connectivity index (χ1v) is 9.31. The molecule has 4 rings (SSSR count). The van der Waals surface area contributed by atoms with Gasteiger partial charge in [-0.05, 0) is 56.4 Å². The molecule has 0 amide bonds. The molecular formula is C18H16ClN3O2S. The first-order chi connectivity index (χ1) is 12.0. The van der Waals surface area contributed by atoms with Gasteiger partial charge in [0, 0.05) is 10.6 Å². The van der Waals surface area contributed by atoms with Gasteiger partial charge >= 0.3 is 5.97 Å². The summed E-state index contributed by atoms with van der Waals surface area (Å²) in [5, 5.41) is 13.8. The lowest BCUT2D eigenvalue weighted by atomic mass is 9.97. The molecule has 0 fully saturated rings. The van der Waals surface area contributed by atoms with Gasteiger partial charge < -0.3 is 10.4 Å². The van der Waals surface area contributed by atoms with Crippen LogP contribution < -0.4 is 5.32 Å². The van der Waals surface area contributed by atoms with E-state index in [1.165, 1.54) is 29.3 Å². The molecular weight excluding hydrogens is 358 g/mol. The number of carbonyl (C=O) groups is 1. The molecule has 0 saturated heterocycles. The summed E-state index contributed by atoms with van der Waals surface area (Å²) in [5.41, 5.74) is 2.05. The van der Waals surface area contributed by atoms with E-state index in [2.05, 4.69) is 15.3 Å². The fraction of sp³-hybridized carbons (Fsp3) is 0.278. The van der Waals surface area contributed by atoms with E-state index in [9.17, 15) is 9.90 Å². The molecule has 1 aliphatic rings. The first-order valence-electron chi connectivity index (χ1n) is 8.11. The summed E-state index contributed by atoms with van der Waals surface area (Å²) < 4.78 is 0. The Bertz CT molecular complexity index is 1000. The molecule has 2 heterocycles. The van der Waals surface area contributed by atoms with E-state index in [4.69, 9.17) is 11.6 Å². The number of nitrogens with one attached hydrogen (secondary N) is 1. The highest BCUT2D eigenvalue weighted by molar-refractivity contribution is 7.19. The number of aromatic nitrogens is 2. The molecule has 1 aromatic carbocycles. The van der Waals surface area contributed by atoms with E-state index in [1.807, 2.05) is 6.92 Å². The summed E-state index contributed by atoms with van der Waals surface area (Å²) in [5.74, 6) is 0.382. The normalized spacial score (nSPS) is 13.7. The lowest BCUT2D eigenvalue weighted by Gasteiger charge is -2.13. The summed E-state index contributed by atoms with van der Waals surface area (Å²) in [6, 6.07) is 4.88. The average molecular weight is 374 g/mol. The third kappa shape index (κ3) is 2.96. The van der Waals surface area contributed by atoms with Crippen molar-refractivity contribution in [1.29, 1.82) is 0 Å². The number of carboxylic acids is 1. The monoisotopic (exact) mass is 373 g/mol. The molecule has 3 aromatic rings. The highest BCUT2D eigenvalue weighted by Gasteiger charge is 2.21. The molecule has 0 atom stereocenters. The standard InChI is InChI=1S/C18H16ClN3O2S/c1-9-20-16(22-10-6-7-13(19)12(8-10)18(23)24)15-11-4-2-3-5-14(11)25-17(15)21-9/h6-8H,2-5H2,1H3,(H,23,24)(H,20,21,22). The first kappa shape index (κ1) is 16.3. The zero-order valence-corrected chi connectivity index (χ0v) is 15.2. The third-order valence-corrected chi connectivity index (χ3v) is 5.90. The highest BCUT2D eigenvalue weighted by Crippen LogP contribution is 2.39. The second-order valence-corrected chi connectivity index (χ2v) is 7.63. The van der Waals surface area contributed by atoms with Crippen LogP contribution in [0.2, 0.25) is 5.02 Å². The Labute approximate surface area is 153 Å². The summed E-state index contributed by atoms with van der Waals surface area (Å²) in [7, 11) is 0. The number of hydrogen-bond donors (Lipinski definition) is 2. The van der Waals surface area contributed by atoms with Crippen LogP contribution in [-0.2, 0) is 12.8 Å². The van der Waals surface area contributed by atoms with Crippen molar-refractivity contribution < 1.29 is 9.90 Å². The van der Waals surface area contributed by atoms with E-state index in [-0.39, 0.29) is 10.6 Å².